The molecule has 2 aromatic heterocycles. The van der Waals surface area contributed by atoms with Gasteiger partial charge in [0.2, 0.25) is 5.88 Å². The van der Waals surface area contributed by atoms with Crippen LogP contribution in [0.1, 0.15) is 15.9 Å². The third-order valence-electron chi connectivity index (χ3n) is 3.50. The summed E-state index contributed by atoms with van der Waals surface area (Å²) in [6, 6.07) is 10.4. The van der Waals surface area contributed by atoms with Gasteiger partial charge in [0, 0.05) is 36.0 Å². The third-order valence-corrected chi connectivity index (χ3v) is 3.50. The van der Waals surface area contributed by atoms with Gasteiger partial charge in [0.15, 0.2) is 0 Å². The summed E-state index contributed by atoms with van der Waals surface area (Å²) < 4.78 is 5.05. The van der Waals surface area contributed by atoms with E-state index >= 15 is 0 Å². The van der Waals surface area contributed by atoms with E-state index < -0.39 is 0 Å². The standard InChI is InChI=1S/C17H15N3O3/c1-23-15-8-11(4-6-18-15)10-20-16(21)13-3-2-12-5-7-19-17(22)14(12)9-13/h2-9H,10H2,1H3,(H,19,22)(H,20,21). The summed E-state index contributed by atoms with van der Waals surface area (Å²) in [7, 11) is 1.54. The minimum absolute atomic E-state index is 0.212. The first-order valence-corrected chi connectivity index (χ1v) is 7.06. The molecule has 0 bridgehead atoms. The number of fused-ring (bicyclic) bond motifs is 1. The van der Waals surface area contributed by atoms with Gasteiger partial charge < -0.3 is 15.0 Å². The lowest BCUT2D eigenvalue weighted by molar-refractivity contribution is 0.0951. The number of nitrogens with zero attached hydrogens (tertiary/aromatic N) is 1. The number of amides is 1. The second-order valence-corrected chi connectivity index (χ2v) is 5.00. The first kappa shape index (κ1) is 14.8. The Hall–Kier alpha value is -3.15. The first-order chi connectivity index (χ1) is 11.2. The smallest absolute Gasteiger partial charge is 0.255 e. The number of carbonyl (C=O) groups excluding carboxylic acids is 1. The summed E-state index contributed by atoms with van der Waals surface area (Å²) in [6.07, 6.45) is 3.21. The van der Waals surface area contributed by atoms with Crippen molar-refractivity contribution in [2.24, 2.45) is 0 Å². The Bertz CT molecular complexity index is 918. The molecule has 0 aliphatic heterocycles. The van der Waals surface area contributed by atoms with Crippen molar-refractivity contribution in [1.29, 1.82) is 0 Å². The molecule has 3 aromatic rings. The minimum atomic E-state index is -0.245. The van der Waals surface area contributed by atoms with Gasteiger partial charge >= 0.3 is 0 Å². The van der Waals surface area contributed by atoms with Gasteiger partial charge in [0.25, 0.3) is 11.5 Å². The fourth-order valence-corrected chi connectivity index (χ4v) is 2.28. The Labute approximate surface area is 132 Å². The predicted molar refractivity (Wildman–Crippen MR) is 86.5 cm³/mol. The lowest BCUT2D eigenvalue weighted by atomic mass is 10.1. The molecule has 23 heavy (non-hydrogen) atoms. The molecule has 3 rings (SSSR count). The van der Waals surface area contributed by atoms with Crippen molar-refractivity contribution in [1.82, 2.24) is 15.3 Å². The van der Waals surface area contributed by atoms with Crippen LogP contribution in [0.4, 0.5) is 0 Å². The Morgan fingerprint density at radius 1 is 1.26 bits per heavy atom. The van der Waals surface area contributed by atoms with Crippen LogP contribution in [0.5, 0.6) is 5.88 Å². The van der Waals surface area contributed by atoms with E-state index in [1.54, 1.807) is 48.8 Å². The summed E-state index contributed by atoms with van der Waals surface area (Å²) in [5.74, 6) is 0.250. The molecule has 0 saturated heterocycles. The van der Waals surface area contributed by atoms with E-state index in [1.807, 2.05) is 0 Å². The van der Waals surface area contributed by atoms with Crippen LogP contribution < -0.4 is 15.6 Å². The number of rotatable bonds is 4. The van der Waals surface area contributed by atoms with Crippen LogP contribution in [0.25, 0.3) is 10.8 Å². The Kier molecular flexibility index (Phi) is 4.05. The average Bonchev–Trinajstić information content (AvgIpc) is 2.60. The van der Waals surface area contributed by atoms with Gasteiger partial charge in [-0.15, -0.1) is 0 Å². The highest BCUT2D eigenvalue weighted by Crippen LogP contribution is 2.12. The molecule has 0 spiro atoms. The molecule has 2 heterocycles. The Morgan fingerprint density at radius 2 is 2.13 bits per heavy atom. The summed E-state index contributed by atoms with van der Waals surface area (Å²) in [5.41, 5.74) is 1.11. The maximum atomic E-state index is 12.3. The number of hydrogen-bond acceptors (Lipinski definition) is 4. The van der Waals surface area contributed by atoms with Crippen molar-refractivity contribution in [2.45, 2.75) is 6.54 Å². The maximum Gasteiger partial charge on any atom is 0.255 e. The molecule has 0 atom stereocenters. The van der Waals surface area contributed by atoms with Crippen molar-refractivity contribution in [3.8, 4) is 5.88 Å². The van der Waals surface area contributed by atoms with Gasteiger partial charge in [-0.1, -0.05) is 6.07 Å². The number of aromatic nitrogens is 2. The van der Waals surface area contributed by atoms with Crippen LogP contribution in [-0.4, -0.2) is 23.0 Å². The van der Waals surface area contributed by atoms with Crippen LogP contribution in [0.3, 0.4) is 0 Å². The van der Waals surface area contributed by atoms with Gasteiger partial charge in [0.05, 0.1) is 7.11 Å². The lowest BCUT2D eigenvalue weighted by Gasteiger charge is -2.07. The van der Waals surface area contributed by atoms with E-state index in [0.29, 0.717) is 23.4 Å². The van der Waals surface area contributed by atoms with Crippen molar-refractivity contribution < 1.29 is 9.53 Å². The normalized spacial score (nSPS) is 10.5. The molecule has 1 aromatic carbocycles. The van der Waals surface area contributed by atoms with Gasteiger partial charge in [-0.2, -0.15) is 0 Å². The summed E-state index contributed by atoms with van der Waals surface area (Å²) in [4.78, 5) is 30.7. The van der Waals surface area contributed by atoms with Crippen molar-refractivity contribution in [3.63, 3.8) is 0 Å². The number of pyridine rings is 2. The molecule has 0 unspecified atom stereocenters. The second kappa shape index (κ2) is 6.31. The number of methoxy groups -OCH3 is 1. The van der Waals surface area contributed by atoms with Crippen molar-refractivity contribution >= 4 is 16.7 Å². The maximum absolute atomic E-state index is 12.3. The molecule has 116 valence electrons. The Balaban J connectivity index is 1.78. The zero-order valence-corrected chi connectivity index (χ0v) is 12.5. The van der Waals surface area contributed by atoms with Gasteiger partial charge in [-0.25, -0.2) is 4.98 Å². The highest BCUT2D eigenvalue weighted by Gasteiger charge is 2.08. The molecule has 0 radical (unpaired) electrons. The fourth-order valence-electron chi connectivity index (χ4n) is 2.28. The van der Waals surface area contributed by atoms with E-state index in [4.69, 9.17) is 4.74 Å². The zero-order chi connectivity index (χ0) is 16.2. The molecule has 1 amide bonds. The summed E-state index contributed by atoms with van der Waals surface area (Å²) in [5, 5.41) is 4.10. The van der Waals surface area contributed by atoms with E-state index in [1.165, 1.54) is 7.11 Å². The molecule has 0 fully saturated rings. The fraction of sp³-hybridized carbons (Fsp3) is 0.118. The summed E-state index contributed by atoms with van der Waals surface area (Å²) in [6.45, 7) is 0.348. The second-order valence-electron chi connectivity index (χ2n) is 5.00. The number of hydrogen-bond donors (Lipinski definition) is 2. The molecule has 0 aliphatic rings. The first-order valence-electron chi connectivity index (χ1n) is 7.06. The monoisotopic (exact) mass is 309 g/mol. The van der Waals surface area contributed by atoms with E-state index in [2.05, 4.69) is 15.3 Å². The lowest BCUT2D eigenvalue weighted by Crippen LogP contribution is -2.23. The van der Waals surface area contributed by atoms with Crippen LogP contribution in [-0.2, 0) is 6.54 Å². The topological polar surface area (TPSA) is 84.1 Å². The van der Waals surface area contributed by atoms with Crippen LogP contribution >= 0.6 is 0 Å². The molecule has 0 aliphatic carbocycles. The highest BCUT2D eigenvalue weighted by molar-refractivity contribution is 5.98. The average molecular weight is 309 g/mol. The third kappa shape index (κ3) is 3.21. The molecular weight excluding hydrogens is 294 g/mol. The summed E-state index contributed by atoms with van der Waals surface area (Å²) >= 11 is 0. The number of nitrogens with one attached hydrogen (secondary N) is 2. The number of benzene rings is 1. The minimum Gasteiger partial charge on any atom is -0.481 e. The Morgan fingerprint density at radius 3 is 2.96 bits per heavy atom. The van der Waals surface area contributed by atoms with Gasteiger partial charge in [-0.3, -0.25) is 9.59 Å². The quantitative estimate of drug-likeness (QED) is 0.770. The number of carbonyl (C=O) groups is 1. The number of ether oxygens (including phenoxy) is 1. The number of H-pyrrole nitrogens is 1. The largest absolute Gasteiger partial charge is 0.481 e. The highest BCUT2D eigenvalue weighted by atomic mass is 16.5. The molecule has 6 heteroatoms. The zero-order valence-electron chi connectivity index (χ0n) is 12.5. The SMILES string of the molecule is COc1cc(CNC(=O)c2ccc3cc[nH]c(=O)c3c2)ccn1. The van der Waals surface area contributed by atoms with Crippen LogP contribution in [0.2, 0.25) is 0 Å². The van der Waals surface area contributed by atoms with Crippen LogP contribution in [0.15, 0.2) is 53.6 Å². The molecule has 6 nitrogen and oxygen atoms in total. The van der Waals surface area contributed by atoms with Gasteiger partial charge in [-0.05, 0) is 35.2 Å². The molecular formula is C17H15N3O3. The van der Waals surface area contributed by atoms with Crippen LogP contribution in [0, 0.1) is 0 Å². The van der Waals surface area contributed by atoms with E-state index in [9.17, 15) is 9.59 Å². The van der Waals surface area contributed by atoms with Crippen molar-refractivity contribution in [2.75, 3.05) is 7.11 Å². The molecule has 2 N–H and O–H groups in total. The number of aromatic amines is 1. The van der Waals surface area contributed by atoms with E-state index in [-0.39, 0.29) is 11.5 Å². The van der Waals surface area contributed by atoms with Gasteiger partial charge in [0.1, 0.15) is 0 Å². The van der Waals surface area contributed by atoms with Crippen molar-refractivity contribution in [3.05, 3.63) is 70.3 Å². The molecule has 0 saturated carbocycles. The predicted octanol–water partition coefficient (Wildman–Crippen LogP) is 1.86. The van der Waals surface area contributed by atoms with E-state index in [0.717, 1.165) is 10.9 Å².